The second-order valence-electron chi connectivity index (χ2n) is 9.38. The highest BCUT2D eigenvalue weighted by molar-refractivity contribution is 7.90. The number of hydrogen-bond donors (Lipinski definition) is 0. The molecule has 3 heterocycles. The molecule has 0 radical (unpaired) electrons. The Hall–Kier alpha value is -1.49. The molecule has 0 N–H and O–H groups in total. The summed E-state index contributed by atoms with van der Waals surface area (Å²) >= 11 is 0. The summed E-state index contributed by atoms with van der Waals surface area (Å²) in [5, 5.41) is 0. The minimum Gasteiger partial charge on any atom is -0.303 e. The Morgan fingerprint density at radius 1 is 0.970 bits per heavy atom. The maximum atomic E-state index is 13.4. The third kappa shape index (κ3) is 4.85. The number of piperidine rings is 1. The van der Waals surface area contributed by atoms with Gasteiger partial charge in [-0.3, -0.25) is 4.79 Å². The molecule has 184 valence electrons. The number of likely N-dealkylation sites (tertiary alicyclic amines) is 1. The van der Waals surface area contributed by atoms with Crippen molar-refractivity contribution in [3.63, 3.8) is 0 Å². The SMILES string of the molecule is CCC[C@H]1C(=O)N(S(=O)(=O)c2ccccc2)[C@H]2CCN(S(=O)(=O)CCCN3CCCCC3)[C@H]12. The van der Waals surface area contributed by atoms with E-state index < -0.39 is 44.0 Å². The molecule has 0 aliphatic carbocycles. The zero-order chi connectivity index (χ0) is 23.6. The van der Waals surface area contributed by atoms with Crippen LogP contribution in [-0.2, 0) is 24.8 Å². The molecule has 10 heteroatoms. The van der Waals surface area contributed by atoms with Crippen LogP contribution in [0, 0.1) is 5.92 Å². The van der Waals surface area contributed by atoms with Crippen molar-refractivity contribution in [2.75, 3.05) is 31.9 Å². The van der Waals surface area contributed by atoms with Gasteiger partial charge in [-0.05, 0) is 63.9 Å². The minimum atomic E-state index is -4.04. The van der Waals surface area contributed by atoms with Gasteiger partial charge in [0.25, 0.3) is 10.0 Å². The largest absolute Gasteiger partial charge is 0.303 e. The number of benzene rings is 1. The zero-order valence-corrected chi connectivity index (χ0v) is 20.9. The van der Waals surface area contributed by atoms with Crippen molar-refractivity contribution >= 4 is 26.0 Å². The normalized spacial score (nSPS) is 27.2. The molecule has 1 aromatic rings. The van der Waals surface area contributed by atoms with E-state index in [0.29, 0.717) is 25.7 Å². The molecule has 0 bridgehead atoms. The molecule has 0 unspecified atom stereocenters. The van der Waals surface area contributed by atoms with E-state index in [2.05, 4.69) is 4.90 Å². The van der Waals surface area contributed by atoms with Crippen molar-refractivity contribution in [1.29, 1.82) is 0 Å². The second kappa shape index (κ2) is 10.0. The minimum absolute atomic E-state index is 0.0329. The summed E-state index contributed by atoms with van der Waals surface area (Å²) < 4.78 is 55.8. The smallest absolute Gasteiger partial charge is 0.266 e. The van der Waals surface area contributed by atoms with Crippen molar-refractivity contribution in [3.8, 4) is 0 Å². The van der Waals surface area contributed by atoms with E-state index in [1.165, 1.54) is 22.9 Å². The van der Waals surface area contributed by atoms with Crippen LogP contribution in [-0.4, -0.2) is 80.3 Å². The number of carbonyl (C=O) groups is 1. The van der Waals surface area contributed by atoms with E-state index in [1.807, 2.05) is 6.92 Å². The fourth-order valence-corrected chi connectivity index (χ4v) is 9.13. The summed E-state index contributed by atoms with van der Waals surface area (Å²) in [4.78, 5) is 15.7. The summed E-state index contributed by atoms with van der Waals surface area (Å²) in [5.41, 5.74) is 0. The van der Waals surface area contributed by atoms with Crippen LogP contribution in [0.4, 0.5) is 0 Å². The molecule has 33 heavy (non-hydrogen) atoms. The average Bonchev–Trinajstić information content (AvgIpc) is 3.34. The van der Waals surface area contributed by atoms with Crippen LogP contribution in [0.15, 0.2) is 35.2 Å². The third-order valence-corrected chi connectivity index (χ3v) is 11.0. The average molecular weight is 498 g/mol. The number of fused-ring (bicyclic) bond motifs is 1. The molecule has 3 saturated heterocycles. The Morgan fingerprint density at radius 3 is 2.33 bits per heavy atom. The van der Waals surface area contributed by atoms with Gasteiger partial charge in [-0.2, -0.15) is 4.31 Å². The van der Waals surface area contributed by atoms with Crippen molar-refractivity contribution < 1.29 is 21.6 Å². The highest BCUT2D eigenvalue weighted by Gasteiger charge is 2.59. The molecule has 3 fully saturated rings. The van der Waals surface area contributed by atoms with Crippen LogP contribution in [0.1, 0.15) is 51.9 Å². The van der Waals surface area contributed by atoms with Gasteiger partial charge in [0.1, 0.15) is 0 Å². The Kier molecular flexibility index (Phi) is 7.47. The predicted molar refractivity (Wildman–Crippen MR) is 126 cm³/mol. The van der Waals surface area contributed by atoms with Crippen molar-refractivity contribution in [3.05, 3.63) is 30.3 Å². The molecule has 8 nitrogen and oxygen atoms in total. The van der Waals surface area contributed by atoms with Crippen molar-refractivity contribution in [2.45, 2.75) is 68.8 Å². The van der Waals surface area contributed by atoms with E-state index >= 15 is 0 Å². The molecule has 3 aliphatic rings. The van der Waals surface area contributed by atoms with Gasteiger partial charge in [0.15, 0.2) is 0 Å². The zero-order valence-electron chi connectivity index (χ0n) is 19.3. The quantitative estimate of drug-likeness (QED) is 0.520. The Morgan fingerprint density at radius 2 is 1.67 bits per heavy atom. The van der Waals surface area contributed by atoms with E-state index in [1.54, 1.807) is 18.2 Å². The molecule has 4 rings (SSSR count). The molecule has 1 amide bonds. The predicted octanol–water partition coefficient (Wildman–Crippen LogP) is 2.28. The first-order valence-electron chi connectivity index (χ1n) is 12.1. The van der Waals surface area contributed by atoms with Crippen molar-refractivity contribution in [1.82, 2.24) is 13.5 Å². The maximum absolute atomic E-state index is 13.4. The van der Waals surface area contributed by atoms with Crippen LogP contribution in [0.3, 0.4) is 0 Å². The van der Waals surface area contributed by atoms with Gasteiger partial charge in [0.2, 0.25) is 15.9 Å². The summed E-state index contributed by atoms with van der Waals surface area (Å²) in [6, 6.07) is 6.68. The first-order valence-corrected chi connectivity index (χ1v) is 15.2. The highest BCUT2D eigenvalue weighted by atomic mass is 32.2. The highest BCUT2D eigenvalue weighted by Crippen LogP contribution is 2.42. The van der Waals surface area contributed by atoms with Gasteiger partial charge in [0.05, 0.1) is 28.6 Å². The first-order chi connectivity index (χ1) is 15.8. The molecular weight excluding hydrogens is 462 g/mol. The van der Waals surface area contributed by atoms with Gasteiger partial charge >= 0.3 is 0 Å². The Balaban J connectivity index is 1.54. The van der Waals surface area contributed by atoms with Gasteiger partial charge in [-0.25, -0.2) is 21.1 Å². The standard InChI is InChI=1S/C23H35N3O5S2/c1-2-10-20-22-21(26(23(20)27)33(30,31)19-11-5-3-6-12-19)13-17-25(22)32(28,29)18-9-16-24-14-7-4-8-15-24/h3,5-6,11-12,20-22H,2,4,7-10,13-18H2,1H3/t20-,21+,22-/m1/s1. The topological polar surface area (TPSA) is 95.1 Å². The fraction of sp³-hybridized carbons (Fsp3) is 0.696. The lowest BCUT2D eigenvalue weighted by molar-refractivity contribution is -0.128. The molecule has 3 atom stereocenters. The van der Waals surface area contributed by atoms with Crippen LogP contribution >= 0.6 is 0 Å². The molecule has 3 aliphatic heterocycles. The van der Waals surface area contributed by atoms with Crippen LogP contribution in [0.25, 0.3) is 0 Å². The van der Waals surface area contributed by atoms with Crippen LogP contribution < -0.4 is 0 Å². The van der Waals surface area contributed by atoms with Crippen molar-refractivity contribution in [2.24, 2.45) is 5.92 Å². The van der Waals surface area contributed by atoms with Gasteiger partial charge in [-0.1, -0.05) is 38.0 Å². The fourth-order valence-electron chi connectivity index (χ4n) is 5.67. The second-order valence-corrected chi connectivity index (χ2v) is 13.2. The van der Waals surface area contributed by atoms with E-state index in [9.17, 15) is 21.6 Å². The third-order valence-electron chi connectivity index (χ3n) is 7.20. The summed E-state index contributed by atoms with van der Waals surface area (Å²) in [6.45, 7) is 4.99. The summed E-state index contributed by atoms with van der Waals surface area (Å²) in [5.74, 6) is -1.06. The number of rotatable bonds is 9. The van der Waals surface area contributed by atoms with E-state index in [-0.39, 0.29) is 17.2 Å². The summed E-state index contributed by atoms with van der Waals surface area (Å²) in [6.07, 6.45) is 5.61. The van der Waals surface area contributed by atoms with Crippen LogP contribution in [0.5, 0.6) is 0 Å². The van der Waals surface area contributed by atoms with Crippen LogP contribution in [0.2, 0.25) is 0 Å². The lowest BCUT2D eigenvalue weighted by atomic mass is 9.95. The number of carbonyl (C=O) groups excluding carboxylic acids is 1. The maximum Gasteiger partial charge on any atom is 0.266 e. The number of amides is 1. The molecule has 0 spiro atoms. The van der Waals surface area contributed by atoms with E-state index in [4.69, 9.17) is 0 Å². The first kappa shape index (κ1) is 24.6. The molecule has 1 aromatic carbocycles. The lowest BCUT2D eigenvalue weighted by Gasteiger charge is -2.28. The lowest BCUT2D eigenvalue weighted by Crippen LogP contribution is -2.44. The number of nitrogens with zero attached hydrogens (tertiary/aromatic N) is 3. The Labute approximate surface area is 198 Å². The number of sulfonamides is 2. The molecule has 0 saturated carbocycles. The van der Waals surface area contributed by atoms with Gasteiger partial charge in [0, 0.05) is 6.54 Å². The Bertz CT molecular complexity index is 1040. The molecule has 0 aromatic heterocycles. The monoisotopic (exact) mass is 497 g/mol. The molecular formula is C23H35N3O5S2. The number of hydrogen-bond acceptors (Lipinski definition) is 6. The van der Waals surface area contributed by atoms with Gasteiger partial charge in [-0.15, -0.1) is 0 Å². The summed E-state index contributed by atoms with van der Waals surface area (Å²) in [7, 11) is -7.63. The van der Waals surface area contributed by atoms with Gasteiger partial charge < -0.3 is 4.90 Å². The van der Waals surface area contributed by atoms with E-state index in [0.717, 1.165) is 36.8 Å².